The van der Waals surface area contributed by atoms with E-state index in [1.807, 2.05) is 12.3 Å². The molecule has 0 spiro atoms. The van der Waals surface area contributed by atoms with Crippen LogP contribution >= 0.6 is 11.8 Å². The average molecular weight is 277 g/mol. The lowest BCUT2D eigenvalue weighted by molar-refractivity contribution is 0.592. The molecule has 0 fully saturated rings. The molecule has 0 aromatic carbocycles. The minimum Gasteiger partial charge on any atom is -0.324 e. The van der Waals surface area contributed by atoms with Crippen molar-refractivity contribution < 1.29 is 0 Å². The maximum absolute atomic E-state index is 5.67. The molecule has 2 heterocycles. The summed E-state index contributed by atoms with van der Waals surface area (Å²) in [5, 5.41) is 9.31. The fraction of sp³-hybridized carbons (Fsp3) is 0.462. The lowest BCUT2D eigenvalue weighted by Crippen LogP contribution is -2.09. The summed E-state index contributed by atoms with van der Waals surface area (Å²) in [5.41, 5.74) is 6.92. The van der Waals surface area contributed by atoms with E-state index in [0.29, 0.717) is 6.54 Å². The third-order valence-electron chi connectivity index (χ3n) is 2.77. The Bertz CT molecular complexity index is 497. The van der Waals surface area contributed by atoms with Crippen molar-refractivity contribution in [2.24, 2.45) is 5.73 Å². The van der Waals surface area contributed by atoms with Gasteiger partial charge in [-0.2, -0.15) is 0 Å². The third-order valence-corrected chi connectivity index (χ3v) is 3.74. The van der Waals surface area contributed by atoms with Crippen molar-refractivity contribution in [3.05, 3.63) is 35.9 Å². The number of aromatic nitrogens is 4. The largest absolute Gasteiger partial charge is 0.324 e. The van der Waals surface area contributed by atoms with Gasteiger partial charge in [-0.1, -0.05) is 24.8 Å². The molecule has 5 nitrogen and oxygen atoms in total. The maximum atomic E-state index is 5.67. The first-order valence-corrected chi connectivity index (χ1v) is 7.47. The number of nitrogens with two attached hydrogens (primary N) is 1. The van der Waals surface area contributed by atoms with E-state index in [1.54, 1.807) is 18.0 Å². The molecule has 2 aromatic heterocycles. The zero-order chi connectivity index (χ0) is 13.5. The summed E-state index contributed by atoms with van der Waals surface area (Å²) in [6.07, 6.45) is 5.74. The van der Waals surface area contributed by atoms with E-state index in [1.165, 1.54) is 5.56 Å². The monoisotopic (exact) mass is 277 g/mol. The van der Waals surface area contributed by atoms with E-state index in [-0.39, 0.29) is 0 Å². The molecule has 0 unspecified atom stereocenters. The summed E-state index contributed by atoms with van der Waals surface area (Å²) >= 11 is 1.72. The molecule has 0 saturated carbocycles. The van der Waals surface area contributed by atoms with Crippen molar-refractivity contribution in [3.8, 4) is 0 Å². The second-order valence-electron chi connectivity index (χ2n) is 4.21. The van der Waals surface area contributed by atoms with Crippen molar-refractivity contribution >= 4 is 11.8 Å². The van der Waals surface area contributed by atoms with Crippen molar-refractivity contribution in [1.82, 2.24) is 19.7 Å². The number of hydrogen-bond acceptors (Lipinski definition) is 5. The Hall–Kier alpha value is -1.40. The molecule has 2 N–H and O–H groups in total. The molecule has 0 aliphatic carbocycles. The molecule has 2 rings (SSSR count). The van der Waals surface area contributed by atoms with Gasteiger partial charge in [-0.3, -0.25) is 4.98 Å². The van der Waals surface area contributed by atoms with Crippen molar-refractivity contribution in [3.63, 3.8) is 0 Å². The number of hydrogen-bond donors (Lipinski definition) is 1. The van der Waals surface area contributed by atoms with Gasteiger partial charge in [0.15, 0.2) is 5.16 Å². The molecule has 102 valence electrons. The quantitative estimate of drug-likeness (QED) is 0.782. The van der Waals surface area contributed by atoms with Gasteiger partial charge < -0.3 is 10.3 Å². The van der Waals surface area contributed by atoms with Gasteiger partial charge in [-0.15, -0.1) is 10.2 Å². The van der Waals surface area contributed by atoms with Gasteiger partial charge in [-0.25, -0.2) is 0 Å². The third kappa shape index (κ3) is 3.78. The zero-order valence-corrected chi connectivity index (χ0v) is 11.9. The number of rotatable bonds is 7. The summed E-state index contributed by atoms with van der Waals surface area (Å²) in [6.45, 7) is 3.51. The van der Waals surface area contributed by atoms with Gasteiger partial charge in [0, 0.05) is 24.7 Å². The smallest absolute Gasteiger partial charge is 0.191 e. The van der Waals surface area contributed by atoms with E-state index < -0.39 is 0 Å². The van der Waals surface area contributed by atoms with Gasteiger partial charge >= 0.3 is 0 Å². The Balaban J connectivity index is 1.94. The van der Waals surface area contributed by atoms with Crippen LogP contribution in [0.4, 0.5) is 0 Å². The van der Waals surface area contributed by atoms with Crippen molar-refractivity contribution in [1.29, 1.82) is 0 Å². The molecular formula is C13H19N5S. The van der Waals surface area contributed by atoms with Crippen LogP contribution in [0, 0.1) is 0 Å². The predicted octanol–water partition coefficient (Wildman–Crippen LogP) is 1.88. The van der Waals surface area contributed by atoms with E-state index >= 15 is 0 Å². The van der Waals surface area contributed by atoms with Crippen LogP contribution in [0.5, 0.6) is 0 Å². The predicted molar refractivity (Wildman–Crippen MR) is 76.9 cm³/mol. The van der Waals surface area contributed by atoms with Crippen molar-refractivity contribution in [2.45, 2.75) is 38.0 Å². The molecule has 0 aliphatic rings. The maximum Gasteiger partial charge on any atom is 0.191 e. The first-order valence-electron chi connectivity index (χ1n) is 6.49. The van der Waals surface area contributed by atoms with E-state index in [2.05, 4.69) is 32.7 Å². The van der Waals surface area contributed by atoms with Gasteiger partial charge in [0.1, 0.15) is 5.82 Å². The summed E-state index contributed by atoms with van der Waals surface area (Å²) in [4.78, 5) is 4.12. The Labute approximate surface area is 117 Å². The first kappa shape index (κ1) is 14.0. The summed E-state index contributed by atoms with van der Waals surface area (Å²) < 4.78 is 2.12. The van der Waals surface area contributed by atoms with Crippen LogP contribution in [-0.4, -0.2) is 25.5 Å². The van der Waals surface area contributed by atoms with Crippen LogP contribution in [0.15, 0.2) is 29.7 Å². The van der Waals surface area contributed by atoms with Crippen molar-refractivity contribution in [2.75, 3.05) is 5.75 Å². The highest BCUT2D eigenvalue weighted by Gasteiger charge is 2.10. The minimum absolute atomic E-state index is 0.441. The molecule has 2 aromatic rings. The highest BCUT2D eigenvalue weighted by Crippen LogP contribution is 2.18. The van der Waals surface area contributed by atoms with Crippen LogP contribution in [-0.2, 0) is 19.5 Å². The van der Waals surface area contributed by atoms with Gasteiger partial charge in [0.2, 0.25) is 0 Å². The van der Waals surface area contributed by atoms with Gasteiger partial charge in [0.05, 0.1) is 6.54 Å². The number of thioether (sulfide) groups is 1. The Morgan fingerprint density at radius 1 is 1.37 bits per heavy atom. The fourth-order valence-corrected chi connectivity index (χ4v) is 2.80. The second-order valence-corrected chi connectivity index (χ2v) is 5.28. The van der Waals surface area contributed by atoms with Crippen LogP contribution in [0.1, 0.15) is 24.7 Å². The first-order chi connectivity index (χ1) is 9.35. The Morgan fingerprint density at radius 3 is 2.95 bits per heavy atom. The normalized spacial score (nSPS) is 10.8. The summed E-state index contributed by atoms with van der Waals surface area (Å²) in [6, 6.07) is 4.06. The standard InChI is InChI=1S/C13H19N5S/c1-2-7-18-12(9-14)16-17-13(18)19-8-5-11-4-3-6-15-10-11/h3-4,6,10H,2,5,7-9,14H2,1H3. The SMILES string of the molecule is CCCn1c(CN)nnc1SCCc1cccnc1. The fourth-order valence-electron chi connectivity index (χ4n) is 1.83. The number of nitrogens with zero attached hydrogens (tertiary/aromatic N) is 4. The summed E-state index contributed by atoms with van der Waals surface area (Å²) in [7, 11) is 0. The van der Waals surface area contributed by atoms with Crippen LogP contribution in [0.2, 0.25) is 0 Å². The molecule has 0 atom stereocenters. The molecule has 0 aliphatic heterocycles. The number of pyridine rings is 1. The summed E-state index contributed by atoms with van der Waals surface area (Å²) in [5.74, 6) is 1.84. The molecule has 0 saturated heterocycles. The molecule has 19 heavy (non-hydrogen) atoms. The second kappa shape index (κ2) is 7.25. The number of aryl methyl sites for hydroxylation is 1. The topological polar surface area (TPSA) is 69.6 Å². The van der Waals surface area contributed by atoms with E-state index in [0.717, 1.165) is 36.1 Å². The lowest BCUT2D eigenvalue weighted by atomic mass is 10.2. The molecule has 0 amide bonds. The Kier molecular flexibility index (Phi) is 5.35. The van der Waals surface area contributed by atoms with Crippen LogP contribution in [0.3, 0.4) is 0 Å². The lowest BCUT2D eigenvalue weighted by Gasteiger charge is -2.07. The molecule has 6 heteroatoms. The van der Waals surface area contributed by atoms with E-state index in [9.17, 15) is 0 Å². The zero-order valence-electron chi connectivity index (χ0n) is 11.1. The molecular weight excluding hydrogens is 258 g/mol. The van der Waals surface area contributed by atoms with Crippen LogP contribution < -0.4 is 5.73 Å². The van der Waals surface area contributed by atoms with Gasteiger partial charge in [-0.05, 0) is 24.5 Å². The Morgan fingerprint density at radius 2 is 2.26 bits per heavy atom. The van der Waals surface area contributed by atoms with Crippen LogP contribution in [0.25, 0.3) is 0 Å². The van der Waals surface area contributed by atoms with Gasteiger partial charge in [0.25, 0.3) is 0 Å². The highest BCUT2D eigenvalue weighted by atomic mass is 32.2. The average Bonchev–Trinajstić information content (AvgIpc) is 2.83. The minimum atomic E-state index is 0.441. The molecule has 0 bridgehead atoms. The van der Waals surface area contributed by atoms with E-state index in [4.69, 9.17) is 5.73 Å². The molecule has 0 radical (unpaired) electrons. The highest BCUT2D eigenvalue weighted by molar-refractivity contribution is 7.99.